The number of hydrogen-bond donors (Lipinski definition) is 1. The lowest BCUT2D eigenvalue weighted by Gasteiger charge is -2.38. The van der Waals surface area contributed by atoms with Gasteiger partial charge in [0.2, 0.25) is 0 Å². The van der Waals surface area contributed by atoms with Crippen molar-refractivity contribution in [2.24, 2.45) is 5.41 Å². The van der Waals surface area contributed by atoms with E-state index in [0.29, 0.717) is 22.0 Å². The molecule has 8 heteroatoms. The van der Waals surface area contributed by atoms with Crippen LogP contribution in [0.1, 0.15) is 40.5 Å². The number of aromatic nitrogens is 3. The van der Waals surface area contributed by atoms with Gasteiger partial charge in [-0.1, -0.05) is 67.4 Å². The standard InChI is InChI=1S/C30H35Cl2N5O/c1-29(2)14-16-36(17-15-29)25-18-24(35(5)19-30(3,4)38)33-28-26(20-10-12-21(31)13-11-20)27(34-37(25)28)22-8-6-7-9-23(22)32/h6-13,18,38H,14-17,19H2,1-5H3. The largest absolute Gasteiger partial charge is 0.389 e. The Balaban J connectivity index is 1.79. The molecule has 1 aliphatic heterocycles. The summed E-state index contributed by atoms with van der Waals surface area (Å²) in [6.45, 7) is 10.6. The fraction of sp³-hybridized carbons (Fsp3) is 0.400. The van der Waals surface area contributed by atoms with Crippen LogP contribution < -0.4 is 9.80 Å². The summed E-state index contributed by atoms with van der Waals surface area (Å²) in [5.41, 5.74) is 3.64. The van der Waals surface area contributed by atoms with Gasteiger partial charge < -0.3 is 14.9 Å². The van der Waals surface area contributed by atoms with Crippen LogP contribution in [-0.4, -0.2) is 52.0 Å². The predicted molar refractivity (Wildman–Crippen MR) is 159 cm³/mol. The van der Waals surface area contributed by atoms with Crippen LogP contribution in [0, 0.1) is 5.41 Å². The Morgan fingerprint density at radius 1 is 1.03 bits per heavy atom. The highest BCUT2D eigenvalue weighted by Gasteiger charge is 2.30. The third kappa shape index (κ3) is 5.49. The van der Waals surface area contributed by atoms with E-state index in [0.717, 1.165) is 65.6 Å². The smallest absolute Gasteiger partial charge is 0.168 e. The minimum absolute atomic E-state index is 0.310. The maximum absolute atomic E-state index is 10.6. The SMILES string of the molecule is CN(CC(C)(C)O)c1cc(N2CCC(C)(C)CC2)n2nc(-c3ccccc3Cl)c(-c3ccc(Cl)cc3)c2n1. The first-order valence-corrected chi connectivity index (χ1v) is 13.8. The summed E-state index contributed by atoms with van der Waals surface area (Å²) in [4.78, 5) is 9.53. The molecule has 0 spiro atoms. The average molecular weight is 553 g/mol. The number of halogens is 2. The van der Waals surface area contributed by atoms with Gasteiger partial charge >= 0.3 is 0 Å². The van der Waals surface area contributed by atoms with E-state index in [2.05, 4.69) is 24.8 Å². The second kappa shape index (κ2) is 10.1. The van der Waals surface area contributed by atoms with Crippen LogP contribution in [0.4, 0.5) is 11.6 Å². The van der Waals surface area contributed by atoms with E-state index in [1.165, 1.54) is 0 Å². The molecule has 4 aromatic rings. The van der Waals surface area contributed by atoms with E-state index in [1.807, 2.05) is 78.8 Å². The van der Waals surface area contributed by atoms with Crippen molar-refractivity contribution >= 4 is 40.5 Å². The normalized spacial score (nSPS) is 15.7. The number of fused-ring (bicyclic) bond motifs is 1. The summed E-state index contributed by atoms with van der Waals surface area (Å²) in [6.07, 6.45) is 2.18. The van der Waals surface area contributed by atoms with Crippen LogP contribution in [-0.2, 0) is 0 Å². The Morgan fingerprint density at radius 2 is 1.68 bits per heavy atom. The van der Waals surface area contributed by atoms with Crippen LogP contribution in [0.3, 0.4) is 0 Å². The highest BCUT2D eigenvalue weighted by molar-refractivity contribution is 6.33. The Labute approximate surface area is 234 Å². The summed E-state index contributed by atoms with van der Waals surface area (Å²) in [5, 5.41) is 17.0. The molecule has 2 aromatic heterocycles. The molecule has 3 heterocycles. The molecule has 0 saturated carbocycles. The number of likely N-dealkylation sites (N-methyl/N-ethyl adjacent to an activating group) is 1. The number of rotatable bonds is 6. The molecule has 5 rings (SSSR count). The lowest BCUT2D eigenvalue weighted by atomic mass is 9.83. The lowest BCUT2D eigenvalue weighted by Crippen LogP contribution is -2.39. The van der Waals surface area contributed by atoms with Gasteiger partial charge in [0.15, 0.2) is 5.65 Å². The van der Waals surface area contributed by atoms with Crippen molar-refractivity contribution < 1.29 is 5.11 Å². The zero-order valence-corrected chi connectivity index (χ0v) is 24.2. The molecule has 0 aliphatic carbocycles. The van der Waals surface area contributed by atoms with Crippen molar-refractivity contribution in [3.05, 3.63) is 64.6 Å². The molecule has 0 radical (unpaired) electrons. The van der Waals surface area contributed by atoms with Gasteiger partial charge in [0.1, 0.15) is 17.3 Å². The number of anilines is 2. The van der Waals surface area contributed by atoms with E-state index in [9.17, 15) is 5.11 Å². The van der Waals surface area contributed by atoms with Gasteiger partial charge in [0.05, 0.1) is 16.2 Å². The fourth-order valence-corrected chi connectivity index (χ4v) is 5.49. The minimum atomic E-state index is -0.875. The van der Waals surface area contributed by atoms with Crippen molar-refractivity contribution in [3.8, 4) is 22.4 Å². The molecule has 6 nitrogen and oxygen atoms in total. The van der Waals surface area contributed by atoms with Crippen molar-refractivity contribution in [3.63, 3.8) is 0 Å². The molecule has 0 unspecified atom stereocenters. The number of hydrogen-bond acceptors (Lipinski definition) is 5. The molecule has 1 aliphatic rings. The van der Waals surface area contributed by atoms with Gasteiger partial charge in [-0.15, -0.1) is 0 Å². The molecular formula is C30H35Cl2N5O. The predicted octanol–water partition coefficient (Wildman–Crippen LogP) is 7.20. The summed E-state index contributed by atoms with van der Waals surface area (Å²) in [7, 11) is 1.97. The summed E-state index contributed by atoms with van der Waals surface area (Å²) in [5.74, 6) is 1.76. The molecular weight excluding hydrogens is 517 g/mol. The number of benzene rings is 2. The topological polar surface area (TPSA) is 56.9 Å². The van der Waals surface area contributed by atoms with Gasteiger partial charge in [-0.3, -0.25) is 0 Å². The van der Waals surface area contributed by atoms with Crippen molar-refractivity contribution in [2.75, 3.05) is 36.5 Å². The molecule has 1 N–H and O–H groups in total. The van der Waals surface area contributed by atoms with Crippen LogP contribution in [0.25, 0.3) is 28.0 Å². The van der Waals surface area contributed by atoms with Gasteiger partial charge in [0.25, 0.3) is 0 Å². The average Bonchev–Trinajstić information content (AvgIpc) is 3.22. The van der Waals surface area contributed by atoms with Crippen LogP contribution in [0.15, 0.2) is 54.6 Å². The van der Waals surface area contributed by atoms with Gasteiger partial charge in [-0.2, -0.15) is 9.61 Å². The highest BCUT2D eigenvalue weighted by atomic mass is 35.5. The van der Waals surface area contributed by atoms with E-state index in [-0.39, 0.29) is 0 Å². The van der Waals surface area contributed by atoms with E-state index in [4.69, 9.17) is 33.3 Å². The summed E-state index contributed by atoms with van der Waals surface area (Å²) in [6, 6.07) is 17.6. The number of nitrogens with zero attached hydrogens (tertiary/aromatic N) is 5. The zero-order valence-electron chi connectivity index (χ0n) is 22.7. The minimum Gasteiger partial charge on any atom is -0.389 e. The Bertz CT molecular complexity index is 1450. The van der Waals surface area contributed by atoms with Crippen LogP contribution in [0.2, 0.25) is 10.0 Å². The van der Waals surface area contributed by atoms with E-state index < -0.39 is 5.60 Å². The second-order valence-electron chi connectivity index (χ2n) is 11.7. The molecule has 200 valence electrons. The van der Waals surface area contributed by atoms with Crippen molar-refractivity contribution in [1.82, 2.24) is 14.6 Å². The maximum Gasteiger partial charge on any atom is 0.168 e. The molecule has 38 heavy (non-hydrogen) atoms. The quantitative estimate of drug-likeness (QED) is 0.274. The fourth-order valence-electron chi connectivity index (χ4n) is 5.14. The Morgan fingerprint density at radius 3 is 2.32 bits per heavy atom. The third-order valence-corrected chi connectivity index (χ3v) is 7.86. The van der Waals surface area contributed by atoms with Crippen molar-refractivity contribution in [2.45, 2.75) is 46.1 Å². The summed E-state index contributed by atoms with van der Waals surface area (Å²) < 4.78 is 1.96. The highest BCUT2D eigenvalue weighted by Crippen LogP contribution is 2.41. The zero-order chi connectivity index (χ0) is 27.2. The van der Waals surface area contributed by atoms with Crippen LogP contribution >= 0.6 is 23.2 Å². The lowest BCUT2D eigenvalue weighted by molar-refractivity contribution is 0.0884. The number of piperidine rings is 1. The Kier molecular flexibility index (Phi) is 7.10. The monoisotopic (exact) mass is 551 g/mol. The van der Waals surface area contributed by atoms with Gasteiger partial charge in [0, 0.05) is 43.3 Å². The Hall–Kier alpha value is -2.80. The molecule has 0 amide bonds. The first-order chi connectivity index (χ1) is 17.9. The summed E-state index contributed by atoms with van der Waals surface area (Å²) >= 11 is 13.0. The maximum atomic E-state index is 10.6. The number of aliphatic hydroxyl groups is 1. The van der Waals surface area contributed by atoms with Gasteiger partial charge in [-0.05, 0) is 55.9 Å². The molecule has 2 aromatic carbocycles. The van der Waals surface area contributed by atoms with E-state index >= 15 is 0 Å². The molecule has 1 fully saturated rings. The third-order valence-electron chi connectivity index (χ3n) is 7.27. The van der Waals surface area contributed by atoms with Crippen molar-refractivity contribution in [1.29, 1.82) is 0 Å². The first kappa shape index (κ1) is 26.8. The second-order valence-corrected chi connectivity index (χ2v) is 12.6. The first-order valence-electron chi connectivity index (χ1n) is 13.0. The molecule has 0 bridgehead atoms. The molecule has 1 saturated heterocycles. The van der Waals surface area contributed by atoms with E-state index in [1.54, 1.807) is 0 Å². The van der Waals surface area contributed by atoms with Gasteiger partial charge in [-0.25, -0.2) is 4.98 Å². The molecule has 0 atom stereocenters. The van der Waals surface area contributed by atoms with Crippen LogP contribution in [0.5, 0.6) is 0 Å².